The molecule has 1 aliphatic rings. The molecule has 0 bridgehead atoms. The second-order valence-corrected chi connectivity index (χ2v) is 7.53. The fraction of sp³-hybridized carbons (Fsp3) is 1.00. The first-order valence-electron chi connectivity index (χ1n) is 10.4. The Hall–Kier alpha value is -0.280. The average molecular weight is 393 g/mol. The maximum absolute atomic E-state index is 5.71. The van der Waals surface area contributed by atoms with Gasteiger partial charge in [0.1, 0.15) is 6.54 Å². The molecule has 0 unspecified atom stereocenters. The molecule has 0 N–H and O–H groups in total. The Morgan fingerprint density at radius 1 is 0.630 bits per heavy atom. The van der Waals surface area contributed by atoms with Crippen LogP contribution in [0.2, 0.25) is 0 Å². The van der Waals surface area contributed by atoms with Gasteiger partial charge in [0.2, 0.25) is 0 Å². The van der Waals surface area contributed by atoms with E-state index in [2.05, 4.69) is 14.0 Å². The Labute approximate surface area is 165 Å². The Bertz CT molecular complexity index is 324. The second-order valence-electron chi connectivity index (χ2n) is 7.53. The van der Waals surface area contributed by atoms with Gasteiger partial charge in [0.05, 0.1) is 92.8 Å². The Morgan fingerprint density at radius 2 is 1.00 bits per heavy atom. The average Bonchev–Trinajstić information content (AvgIpc) is 2.67. The van der Waals surface area contributed by atoms with Crippen LogP contribution >= 0.6 is 0 Å². The van der Waals surface area contributed by atoms with Crippen molar-refractivity contribution >= 4 is 0 Å². The van der Waals surface area contributed by atoms with E-state index in [1.165, 1.54) is 25.9 Å². The quantitative estimate of drug-likeness (QED) is 0.261. The van der Waals surface area contributed by atoms with Crippen LogP contribution in [0.25, 0.3) is 0 Å². The lowest BCUT2D eigenvalue weighted by Gasteiger charge is -2.39. The van der Waals surface area contributed by atoms with Crippen molar-refractivity contribution in [3.8, 4) is 0 Å². The SMILES string of the molecule is COCCOCCOCCOCCOCCOCC[N+]1(C)CCC(C)CC1. The molecule has 0 radical (unpaired) electrons. The van der Waals surface area contributed by atoms with E-state index >= 15 is 0 Å². The molecule has 1 fully saturated rings. The lowest BCUT2D eigenvalue weighted by Crippen LogP contribution is -2.51. The third-order valence-corrected chi connectivity index (χ3v) is 5.02. The number of methoxy groups -OCH3 is 1. The molecule has 0 amide bonds. The van der Waals surface area contributed by atoms with Crippen LogP contribution in [0.3, 0.4) is 0 Å². The lowest BCUT2D eigenvalue weighted by molar-refractivity contribution is -0.915. The summed E-state index contributed by atoms with van der Waals surface area (Å²) in [7, 11) is 4.01. The maximum atomic E-state index is 5.71. The number of rotatable bonds is 18. The number of quaternary nitrogens is 1. The van der Waals surface area contributed by atoms with Gasteiger partial charge in [-0.2, -0.15) is 0 Å². The Morgan fingerprint density at radius 3 is 1.41 bits per heavy atom. The number of nitrogens with zero attached hydrogens (tertiary/aromatic N) is 1. The molecule has 0 spiro atoms. The van der Waals surface area contributed by atoms with Gasteiger partial charge in [-0.3, -0.25) is 0 Å². The van der Waals surface area contributed by atoms with E-state index in [4.69, 9.17) is 28.4 Å². The normalized spacial score (nSPS) is 23.0. The first-order chi connectivity index (χ1) is 13.2. The van der Waals surface area contributed by atoms with E-state index < -0.39 is 0 Å². The minimum atomic E-state index is 0.576. The van der Waals surface area contributed by atoms with Gasteiger partial charge in [-0.15, -0.1) is 0 Å². The van der Waals surface area contributed by atoms with Crippen LogP contribution in [0.5, 0.6) is 0 Å². The highest BCUT2D eigenvalue weighted by molar-refractivity contribution is 4.59. The predicted octanol–water partition coefficient (Wildman–Crippen LogP) is 1.59. The van der Waals surface area contributed by atoms with Crippen LogP contribution in [0, 0.1) is 5.92 Å². The van der Waals surface area contributed by atoms with E-state index in [0.717, 1.165) is 23.6 Å². The molecule has 1 rings (SSSR count). The number of hydrogen-bond donors (Lipinski definition) is 0. The van der Waals surface area contributed by atoms with Crippen LogP contribution in [-0.4, -0.2) is 111 Å². The molecule has 0 aromatic rings. The summed E-state index contributed by atoms with van der Waals surface area (Å²) in [6, 6.07) is 0. The van der Waals surface area contributed by atoms with Crippen LogP contribution in [-0.2, 0) is 28.4 Å². The third-order valence-electron chi connectivity index (χ3n) is 5.02. The summed E-state index contributed by atoms with van der Waals surface area (Å²) < 4.78 is 33.4. The van der Waals surface area contributed by atoms with Gasteiger partial charge in [0.15, 0.2) is 0 Å². The fourth-order valence-corrected chi connectivity index (χ4v) is 2.95. The molecule has 1 aliphatic heterocycles. The third kappa shape index (κ3) is 14.4. The van der Waals surface area contributed by atoms with Gasteiger partial charge in [-0.1, -0.05) is 6.92 Å². The zero-order valence-electron chi connectivity index (χ0n) is 17.8. The number of hydrogen-bond acceptors (Lipinski definition) is 6. The van der Waals surface area contributed by atoms with Gasteiger partial charge < -0.3 is 32.9 Å². The van der Waals surface area contributed by atoms with Crippen LogP contribution in [0.4, 0.5) is 0 Å². The molecular weight excluding hydrogens is 350 g/mol. The van der Waals surface area contributed by atoms with Gasteiger partial charge >= 0.3 is 0 Å². The fourth-order valence-electron chi connectivity index (χ4n) is 2.95. The lowest BCUT2D eigenvalue weighted by atomic mass is 9.97. The minimum Gasteiger partial charge on any atom is -0.382 e. The summed E-state index contributed by atoms with van der Waals surface area (Å²) in [5, 5.41) is 0. The zero-order valence-corrected chi connectivity index (χ0v) is 17.8. The molecule has 0 saturated carbocycles. The van der Waals surface area contributed by atoms with Gasteiger partial charge in [0.25, 0.3) is 0 Å². The number of likely N-dealkylation sites (tertiary alicyclic amines) is 1. The predicted molar refractivity (Wildman–Crippen MR) is 105 cm³/mol. The van der Waals surface area contributed by atoms with Gasteiger partial charge in [-0.05, 0) is 18.8 Å². The molecule has 0 atom stereocenters. The monoisotopic (exact) mass is 392 g/mol. The molecular formula is C20H42NO6+. The first-order valence-corrected chi connectivity index (χ1v) is 10.4. The standard InChI is InChI=1S/C20H42NO6/c1-20-4-6-21(2,7-5-20)8-9-23-12-13-25-16-17-27-19-18-26-15-14-24-11-10-22-3/h20H,4-19H2,1-3H3/q+1. The molecule has 162 valence electrons. The van der Waals surface area contributed by atoms with E-state index in [1.54, 1.807) is 7.11 Å². The van der Waals surface area contributed by atoms with Crippen molar-refractivity contribution in [3.05, 3.63) is 0 Å². The van der Waals surface area contributed by atoms with Crippen molar-refractivity contribution < 1.29 is 32.9 Å². The van der Waals surface area contributed by atoms with Crippen LogP contribution in [0.1, 0.15) is 19.8 Å². The highest BCUT2D eigenvalue weighted by atomic mass is 16.6. The van der Waals surface area contributed by atoms with E-state index in [0.29, 0.717) is 66.1 Å². The van der Waals surface area contributed by atoms with Crippen molar-refractivity contribution in [1.82, 2.24) is 0 Å². The highest BCUT2D eigenvalue weighted by Gasteiger charge is 2.27. The van der Waals surface area contributed by atoms with Gasteiger partial charge in [0, 0.05) is 7.11 Å². The number of piperidine rings is 1. The molecule has 7 nitrogen and oxygen atoms in total. The largest absolute Gasteiger partial charge is 0.382 e. The van der Waals surface area contributed by atoms with Crippen molar-refractivity contribution in [2.75, 3.05) is 106 Å². The summed E-state index contributed by atoms with van der Waals surface area (Å²) in [6.07, 6.45) is 2.68. The highest BCUT2D eigenvalue weighted by Crippen LogP contribution is 2.20. The topological polar surface area (TPSA) is 55.4 Å². The summed E-state index contributed by atoms with van der Waals surface area (Å²) in [6.45, 7) is 12.8. The smallest absolute Gasteiger partial charge is 0.102 e. The van der Waals surface area contributed by atoms with Crippen molar-refractivity contribution in [3.63, 3.8) is 0 Å². The molecule has 0 aromatic carbocycles. The molecule has 27 heavy (non-hydrogen) atoms. The molecule has 0 aromatic heterocycles. The van der Waals surface area contributed by atoms with Crippen molar-refractivity contribution in [2.24, 2.45) is 5.92 Å². The zero-order chi connectivity index (χ0) is 19.6. The van der Waals surface area contributed by atoms with Crippen LogP contribution in [0.15, 0.2) is 0 Å². The summed E-state index contributed by atoms with van der Waals surface area (Å²) in [5.41, 5.74) is 0. The molecule has 1 saturated heterocycles. The first kappa shape index (κ1) is 24.8. The Balaban J connectivity index is 1.73. The maximum Gasteiger partial charge on any atom is 0.102 e. The van der Waals surface area contributed by atoms with E-state index in [-0.39, 0.29) is 0 Å². The number of likely N-dealkylation sites (N-methyl/N-ethyl adjacent to an activating group) is 1. The summed E-state index contributed by atoms with van der Waals surface area (Å²) in [5.74, 6) is 0.888. The van der Waals surface area contributed by atoms with Crippen LogP contribution < -0.4 is 0 Å². The summed E-state index contributed by atoms with van der Waals surface area (Å²) >= 11 is 0. The number of ether oxygens (including phenoxy) is 6. The van der Waals surface area contributed by atoms with E-state index in [1.807, 2.05) is 0 Å². The molecule has 0 aliphatic carbocycles. The van der Waals surface area contributed by atoms with E-state index in [9.17, 15) is 0 Å². The summed E-state index contributed by atoms with van der Waals surface area (Å²) in [4.78, 5) is 0. The van der Waals surface area contributed by atoms with Crippen molar-refractivity contribution in [2.45, 2.75) is 19.8 Å². The van der Waals surface area contributed by atoms with Gasteiger partial charge in [-0.25, -0.2) is 0 Å². The molecule has 7 heteroatoms. The second kappa shape index (κ2) is 16.7. The molecule has 1 heterocycles. The van der Waals surface area contributed by atoms with Crippen molar-refractivity contribution in [1.29, 1.82) is 0 Å². The Kier molecular flexibility index (Phi) is 15.3. The minimum absolute atomic E-state index is 0.576.